The third kappa shape index (κ3) is 2.62. The molecule has 0 saturated carbocycles. The maximum atomic E-state index is 13.5. The highest BCUT2D eigenvalue weighted by Gasteiger charge is 2.15. The number of benzene rings is 1. The number of halogens is 3. The summed E-state index contributed by atoms with van der Waals surface area (Å²) in [5.74, 6) is -2.13. The normalized spacial score (nSPS) is 10.2. The maximum Gasteiger partial charge on any atom is 0.258 e. The second kappa shape index (κ2) is 5.10. The molecule has 6 heteroatoms. The Morgan fingerprint density at radius 1 is 1.28 bits per heavy atom. The molecule has 0 aliphatic heterocycles. The Balaban J connectivity index is 2.25. The van der Waals surface area contributed by atoms with E-state index in [4.69, 9.17) is 11.6 Å². The molecule has 1 aromatic heterocycles. The van der Waals surface area contributed by atoms with Crippen LogP contribution in [0.15, 0.2) is 36.5 Å². The highest BCUT2D eigenvalue weighted by Crippen LogP contribution is 2.17. The molecule has 92 valence electrons. The number of hydrogen-bond donors (Lipinski definition) is 1. The fourth-order valence-electron chi connectivity index (χ4n) is 1.36. The van der Waals surface area contributed by atoms with E-state index in [1.54, 1.807) is 0 Å². The Morgan fingerprint density at radius 3 is 2.78 bits per heavy atom. The minimum Gasteiger partial charge on any atom is -0.322 e. The lowest BCUT2D eigenvalue weighted by atomic mass is 10.2. The van der Waals surface area contributed by atoms with Crippen molar-refractivity contribution >= 4 is 23.2 Å². The molecule has 0 atom stereocenters. The third-order valence-electron chi connectivity index (χ3n) is 2.17. The average molecular weight is 269 g/mol. The Morgan fingerprint density at radius 2 is 2.06 bits per heavy atom. The van der Waals surface area contributed by atoms with Crippen molar-refractivity contribution in [3.8, 4) is 0 Å². The summed E-state index contributed by atoms with van der Waals surface area (Å²) in [6, 6.07) is 6.47. The lowest BCUT2D eigenvalue weighted by Crippen LogP contribution is -2.14. The van der Waals surface area contributed by atoms with Gasteiger partial charge in [0.15, 0.2) is 11.0 Å². The van der Waals surface area contributed by atoms with E-state index in [2.05, 4.69) is 10.3 Å². The molecular weight excluding hydrogens is 262 g/mol. The van der Waals surface area contributed by atoms with Gasteiger partial charge in [-0.2, -0.15) is 0 Å². The molecule has 1 aromatic carbocycles. The zero-order valence-electron chi connectivity index (χ0n) is 8.95. The third-order valence-corrected chi connectivity index (χ3v) is 2.44. The zero-order chi connectivity index (χ0) is 13.1. The zero-order valence-corrected chi connectivity index (χ0v) is 9.71. The van der Waals surface area contributed by atoms with E-state index in [9.17, 15) is 13.6 Å². The van der Waals surface area contributed by atoms with Gasteiger partial charge in [0.05, 0.1) is 5.56 Å². The molecule has 18 heavy (non-hydrogen) atoms. The number of anilines is 1. The van der Waals surface area contributed by atoms with Gasteiger partial charge in [-0.1, -0.05) is 17.7 Å². The highest BCUT2D eigenvalue weighted by atomic mass is 35.5. The van der Waals surface area contributed by atoms with Crippen LogP contribution in [-0.4, -0.2) is 10.9 Å². The summed E-state index contributed by atoms with van der Waals surface area (Å²) >= 11 is 5.46. The van der Waals surface area contributed by atoms with E-state index in [0.717, 1.165) is 6.07 Å². The maximum absolute atomic E-state index is 13.5. The molecule has 0 aliphatic carbocycles. The summed E-state index contributed by atoms with van der Waals surface area (Å²) < 4.78 is 26.4. The first-order valence-electron chi connectivity index (χ1n) is 4.95. The molecule has 1 amide bonds. The van der Waals surface area contributed by atoms with Crippen LogP contribution in [0, 0.1) is 11.6 Å². The van der Waals surface area contributed by atoms with Crippen molar-refractivity contribution in [2.75, 3.05) is 5.32 Å². The van der Waals surface area contributed by atoms with Crippen molar-refractivity contribution in [3.05, 3.63) is 58.9 Å². The Bertz CT molecular complexity index is 604. The molecule has 0 radical (unpaired) electrons. The summed E-state index contributed by atoms with van der Waals surface area (Å²) in [6.45, 7) is 0. The number of carbonyl (C=O) groups excluding carboxylic acids is 1. The summed E-state index contributed by atoms with van der Waals surface area (Å²) in [4.78, 5) is 15.2. The van der Waals surface area contributed by atoms with Gasteiger partial charge in [-0.25, -0.2) is 13.8 Å². The molecule has 0 saturated heterocycles. The van der Waals surface area contributed by atoms with Crippen LogP contribution in [0.1, 0.15) is 10.4 Å². The largest absolute Gasteiger partial charge is 0.322 e. The molecule has 1 heterocycles. The molecule has 3 nitrogen and oxygen atoms in total. The molecule has 0 aliphatic rings. The smallest absolute Gasteiger partial charge is 0.258 e. The second-order valence-corrected chi connectivity index (χ2v) is 3.79. The fourth-order valence-corrected chi connectivity index (χ4v) is 1.52. The predicted molar refractivity (Wildman–Crippen MR) is 63.6 cm³/mol. The van der Waals surface area contributed by atoms with Crippen LogP contribution in [0.5, 0.6) is 0 Å². The SMILES string of the molecule is O=C(Nc1cccc(F)c1)c1ccnc(Cl)c1F. The molecule has 0 unspecified atom stereocenters. The van der Waals surface area contributed by atoms with E-state index in [1.165, 1.54) is 30.5 Å². The van der Waals surface area contributed by atoms with Gasteiger partial charge in [-0.3, -0.25) is 4.79 Å². The molecule has 0 bridgehead atoms. The van der Waals surface area contributed by atoms with Gasteiger partial charge in [0, 0.05) is 11.9 Å². The first-order chi connectivity index (χ1) is 8.58. The Hall–Kier alpha value is -2.01. The van der Waals surface area contributed by atoms with Crippen molar-refractivity contribution in [1.82, 2.24) is 4.98 Å². The summed E-state index contributed by atoms with van der Waals surface area (Å²) in [5.41, 5.74) is -0.0217. The van der Waals surface area contributed by atoms with Gasteiger partial charge < -0.3 is 5.32 Å². The van der Waals surface area contributed by atoms with E-state index in [0.29, 0.717) is 0 Å². The number of amides is 1. The number of pyridine rings is 1. The summed E-state index contributed by atoms with van der Waals surface area (Å²) in [5, 5.41) is 1.97. The summed E-state index contributed by atoms with van der Waals surface area (Å²) in [6.07, 6.45) is 1.21. The van der Waals surface area contributed by atoms with Crippen LogP contribution in [0.3, 0.4) is 0 Å². The first kappa shape index (κ1) is 12.4. The van der Waals surface area contributed by atoms with Crippen molar-refractivity contribution < 1.29 is 13.6 Å². The molecule has 0 spiro atoms. The fraction of sp³-hybridized carbons (Fsp3) is 0. The molecule has 1 N–H and O–H groups in total. The lowest BCUT2D eigenvalue weighted by molar-refractivity contribution is 0.102. The minimum absolute atomic E-state index is 0.229. The van der Waals surface area contributed by atoms with Crippen LogP contribution < -0.4 is 5.32 Å². The molecule has 2 rings (SSSR count). The van der Waals surface area contributed by atoms with Crippen LogP contribution in [0.25, 0.3) is 0 Å². The Kier molecular flexibility index (Phi) is 3.53. The van der Waals surface area contributed by atoms with Crippen LogP contribution in [0.4, 0.5) is 14.5 Å². The number of rotatable bonds is 2. The molecule has 2 aromatic rings. The van der Waals surface area contributed by atoms with E-state index in [1.807, 2.05) is 0 Å². The number of nitrogens with one attached hydrogen (secondary N) is 1. The molecular formula is C12H7ClF2N2O. The van der Waals surface area contributed by atoms with Crippen LogP contribution in [-0.2, 0) is 0 Å². The summed E-state index contributed by atoms with van der Waals surface area (Å²) in [7, 11) is 0. The van der Waals surface area contributed by atoms with E-state index < -0.39 is 17.5 Å². The van der Waals surface area contributed by atoms with Crippen molar-refractivity contribution in [3.63, 3.8) is 0 Å². The van der Waals surface area contributed by atoms with Gasteiger partial charge in [0.1, 0.15) is 5.82 Å². The van der Waals surface area contributed by atoms with E-state index >= 15 is 0 Å². The lowest BCUT2D eigenvalue weighted by Gasteiger charge is -2.06. The number of hydrogen-bond acceptors (Lipinski definition) is 2. The van der Waals surface area contributed by atoms with Gasteiger partial charge in [0.2, 0.25) is 0 Å². The second-order valence-electron chi connectivity index (χ2n) is 3.43. The first-order valence-corrected chi connectivity index (χ1v) is 5.32. The number of carbonyl (C=O) groups is 1. The van der Waals surface area contributed by atoms with Crippen molar-refractivity contribution in [1.29, 1.82) is 0 Å². The topological polar surface area (TPSA) is 42.0 Å². The minimum atomic E-state index is -0.909. The van der Waals surface area contributed by atoms with Crippen molar-refractivity contribution in [2.24, 2.45) is 0 Å². The number of nitrogens with zero attached hydrogens (tertiary/aromatic N) is 1. The quantitative estimate of drug-likeness (QED) is 0.850. The highest BCUT2D eigenvalue weighted by molar-refractivity contribution is 6.30. The predicted octanol–water partition coefficient (Wildman–Crippen LogP) is 3.27. The molecule has 0 fully saturated rings. The van der Waals surface area contributed by atoms with Gasteiger partial charge >= 0.3 is 0 Å². The monoisotopic (exact) mass is 268 g/mol. The van der Waals surface area contributed by atoms with Crippen molar-refractivity contribution in [2.45, 2.75) is 0 Å². The van der Waals surface area contributed by atoms with E-state index in [-0.39, 0.29) is 16.4 Å². The van der Waals surface area contributed by atoms with Gasteiger partial charge in [0.25, 0.3) is 5.91 Å². The number of aromatic nitrogens is 1. The standard InChI is InChI=1S/C12H7ClF2N2O/c13-11-10(15)9(4-5-16-11)12(18)17-8-3-1-2-7(14)6-8/h1-6H,(H,17,18). The Labute approximate surface area is 106 Å². The van der Waals surface area contributed by atoms with Gasteiger partial charge in [-0.05, 0) is 24.3 Å². The average Bonchev–Trinajstić information content (AvgIpc) is 2.32. The van der Waals surface area contributed by atoms with Crippen LogP contribution >= 0.6 is 11.6 Å². The van der Waals surface area contributed by atoms with Gasteiger partial charge in [-0.15, -0.1) is 0 Å². The van der Waals surface area contributed by atoms with Crippen LogP contribution in [0.2, 0.25) is 5.15 Å².